The van der Waals surface area contributed by atoms with Gasteiger partial charge in [0.25, 0.3) is 0 Å². The van der Waals surface area contributed by atoms with Crippen molar-refractivity contribution >= 4 is 28.4 Å². The summed E-state index contributed by atoms with van der Waals surface area (Å²) in [4.78, 5) is 33.3. The summed E-state index contributed by atoms with van der Waals surface area (Å²) >= 11 is 0. The zero-order valence-corrected chi connectivity index (χ0v) is 11.9. The number of hydrogen-bond donors (Lipinski definition) is 4. The number of rotatable bonds is 4. The first-order valence-electron chi connectivity index (χ1n) is 6.78. The Bertz CT molecular complexity index is 905. The highest BCUT2D eigenvalue weighted by molar-refractivity contribution is 5.88. The average molecular weight is 311 g/mol. The van der Waals surface area contributed by atoms with Gasteiger partial charge in [0.2, 0.25) is 11.5 Å². The van der Waals surface area contributed by atoms with Crippen LogP contribution in [0.25, 0.3) is 11.0 Å². The molecule has 23 heavy (non-hydrogen) atoms. The van der Waals surface area contributed by atoms with E-state index in [1.807, 2.05) is 0 Å². The smallest absolute Gasteiger partial charge is 0.249 e. The molecule has 1 aromatic carbocycles. The minimum Gasteiger partial charge on any atom is -0.340 e. The van der Waals surface area contributed by atoms with Gasteiger partial charge in [-0.05, 0) is 23.8 Å². The molecule has 0 atom stereocenters. The first kappa shape index (κ1) is 14.7. The molecule has 0 aliphatic rings. The number of benzene rings is 1. The Morgan fingerprint density at radius 1 is 1.13 bits per heavy atom. The zero-order chi connectivity index (χ0) is 16.2. The van der Waals surface area contributed by atoms with Gasteiger partial charge < -0.3 is 10.3 Å². The van der Waals surface area contributed by atoms with Crippen LogP contribution in [-0.4, -0.2) is 26.1 Å². The van der Waals surface area contributed by atoms with Crippen LogP contribution >= 0.6 is 0 Å². The number of aromatic amines is 1. The molecule has 0 saturated heterocycles. The van der Waals surface area contributed by atoms with Gasteiger partial charge in [-0.3, -0.25) is 14.8 Å². The van der Waals surface area contributed by atoms with Crippen LogP contribution in [0, 0.1) is 0 Å². The number of anilines is 2. The van der Waals surface area contributed by atoms with E-state index in [0.717, 1.165) is 11.3 Å². The van der Waals surface area contributed by atoms with Crippen molar-refractivity contribution in [2.45, 2.75) is 6.42 Å². The first-order valence-corrected chi connectivity index (χ1v) is 6.78. The van der Waals surface area contributed by atoms with E-state index in [1.165, 1.54) is 12.4 Å². The van der Waals surface area contributed by atoms with Crippen LogP contribution in [0.2, 0.25) is 0 Å². The molecule has 8 nitrogen and oxygen atoms in total. The molecule has 116 valence electrons. The van der Waals surface area contributed by atoms with Gasteiger partial charge in [0, 0.05) is 11.8 Å². The summed E-state index contributed by atoms with van der Waals surface area (Å²) in [7, 11) is 0. The fourth-order valence-corrected chi connectivity index (χ4v) is 2.14. The van der Waals surface area contributed by atoms with Crippen LogP contribution in [0.5, 0.6) is 0 Å². The number of hydroxylamine groups is 1. The van der Waals surface area contributed by atoms with Crippen molar-refractivity contribution in [3.8, 4) is 0 Å². The van der Waals surface area contributed by atoms with E-state index >= 15 is 0 Å². The van der Waals surface area contributed by atoms with Gasteiger partial charge in [0.1, 0.15) is 17.8 Å². The molecule has 3 aromatic rings. The number of pyridine rings is 1. The molecule has 0 spiro atoms. The molecular weight excluding hydrogens is 298 g/mol. The molecule has 3 rings (SSSR count). The molecule has 0 aliphatic heterocycles. The molecule has 0 aliphatic carbocycles. The third-order valence-electron chi connectivity index (χ3n) is 3.23. The zero-order valence-electron chi connectivity index (χ0n) is 11.9. The summed E-state index contributed by atoms with van der Waals surface area (Å²) in [6, 6.07) is 10.2. The van der Waals surface area contributed by atoms with Gasteiger partial charge in [-0.2, -0.15) is 0 Å². The number of fused-ring (bicyclic) bond motifs is 1. The molecule has 2 heterocycles. The number of carbonyl (C=O) groups is 1. The topological polar surface area (TPSA) is 120 Å². The summed E-state index contributed by atoms with van der Waals surface area (Å²) in [5.41, 5.74) is 3.35. The quantitative estimate of drug-likeness (QED) is 0.423. The largest absolute Gasteiger partial charge is 0.340 e. The predicted octanol–water partition coefficient (Wildman–Crippen LogP) is 1.11. The lowest BCUT2D eigenvalue weighted by Crippen LogP contribution is -2.20. The van der Waals surface area contributed by atoms with Crippen molar-refractivity contribution in [3.05, 3.63) is 58.6 Å². The van der Waals surface area contributed by atoms with E-state index in [-0.39, 0.29) is 12.0 Å². The van der Waals surface area contributed by atoms with Crippen molar-refractivity contribution < 1.29 is 10.0 Å². The normalized spacial score (nSPS) is 10.5. The van der Waals surface area contributed by atoms with Gasteiger partial charge >= 0.3 is 0 Å². The number of aromatic nitrogens is 3. The maximum atomic E-state index is 11.3. The maximum absolute atomic E-state index is 11.3. The van der Waals surface area contributed by atoms with Gasteiger partial charge in [-0.25, -0.2) is 15.4 Å². The van der Waals surface area contributed by atoms with Gasteiger partial charge in [0.05, 0.1) is 11.8 Å². The monoisotopic (exact) mass is 311 g/mol. The minimum absolute atomic E-state index is 0.0917. The number of amides is 1. The Morgan fingerprint density at radius 2 is 1.91 bits per heavy atom. The van der Waals surface area contributed by atoms with Crippen LogP contribution in [0.1, 0.15) is 5.56 Å². The predicted molar refractivity (Wildman–Crippen MR) is 83.5 cm³/mol. The van der Waals surface area contributed by atoms with Crippen LogP contribution in [0.15, 0.2) is 47.5 Å². The second-order valence-electron chi connectivity index (χ2n) is 4.84. The second-order valence-corrected chi connectivity index (χ2v) is 4.84. The lowest BCUT2D eigenvalue weighted by Gasteiger charge is -2.08. The van der Waals surface area contributed by atoms with Gasteiger partial charge in [-0.15, -0.1) is 0 Å². The number of nitrogens with one attached hydrogen (secondary N) is 3. The van der Waals surface area contributed by atoms with Crippen molar-refractivity contribution in [2.24, 2.45) is 0 Å². The van der Waals surface area contributed by atoms with Crippen LogP contribution in [-0.2, 0) is 11.2 Å². The molecule has 0 saturated carbocycles. The highest BCUT2D eigenvalue weighted by Gasteiger charge is 2.06. The standard InChI is InChI=1S/C15H13N5O3/c21-12-6-5-11-14(16-8-17-15(11)19-12)18-10-3-1-9(2-4-10)7-13(22)20-23/h1-6,8,23H,7H2,(H,20,22)(H2,16,17,18,19,21). The maximum Gasteiger partial charge on any atom is 0.249 e. The fourth-order valence-electron chi connectivity index (χ4n) is 2.14. The Labute approximate surface area is 130 Å². The fraction of sp³-hybridized carbons (Fsp3) is 0.0667. The second kappa shape index (κ2) is 6.24. The van der Waals surface area contributed by atoms with Crippen molar-refractivity contribution in [3.63, 3.8) is 0 Å². The lowest BCUT2D eigenvalue weighted by atomic mass is 10.1. The first-order chi connectivity index (χ1) is 11.2. The molecule has 0 fully saturated rings. The molecule has 0 unspecified atom stereocenters. The molecule has 8 heteroatoms. The van der Waals surface area contributed by atoms with Crippen LogP contribution in [0.3, 0.4) is 0 Å². The van der Waals surface area contributed by atoms with Crippen LogP contribution < -0.4 is 16.4 Å². The molecule has 0 radical (unpaired) electrons. The molecular formula is C15H13N5O3. The molecule has 4 N–H and O–H groups in total. The molecule has 1 amide bonds. The van der Waals surface area contributed by atoms with Crippen molar-refractivity contribution in [1.29, 1.82) is 0 Å². The summed E-state index contributed by atoms with van der Waals surface area (Å²) in [6.45, 7) is 0. The van der Waals surface area contributed by atoms with E-state index < -0.39 is 5.91 Å². The van der Waals surface area contributed by atoms with Crippen LogP contribution in [0.4, 0.5) is 11.5 Å². The molecule has 0 bridgehead atoms. The third kappa shape index (κ3) is 3.33. The van der Waals surface area contributed by atoms with Gasteiger partial charge in [-0.1, -0.05) is 12.1 Å². The molecule has 2 aromatic heterocycles. The highest BCUT2D eigenvalue weighted by Crippen LogP contribution is 2.21. The van der Waals surface area contributed by atoms with E-state index in [4.69, 9.17) is 5.21 Å². The van der Waals surface area contributed by atoms with E-state index in [1.54, 1.807) is 35.8 Å². The van der Waals surface area contributed by atoms with E-state index in [0.29, 0.717) is 16.9 Å². The Morgan fingerprint density at radius 3 is 2.65 bits per heavy atom. The van der Waals surface area contributed by atoms with E-state index in [2.05, 4.69) is 20.3 Å². The number of hydrogen-bond acceptors (Lipinski definition) is 6. The number of H-pyrrole nitrogens is 1. The number of nitrogens with zero attached hydrogens (tertiary/aromatic N) is 2. The van der Waals surface area contributed by atoms with E-state index in [9.17, 15) is 9.59 Å². The summed E-state index contributed by atoms with van der Waals surface area (Å²) in [6.07, 6.45) is 1.45. The lowest BCUT2D eigenvalue weighted by molar-refractivity contribution is -0.128. The summed E-state index contributed by atoms with van der Waals surface area (Å²) in [5, 5.41) is 12.3. The number of carbonyl (C=O) groups excluding carboxylic acids is 1. The summed E-state index contributed by atoms with van der Waals surface area (Å²) < 4.78 is 0. The minimum atomic E-state index is -0.476. The highest BCUT2D eigenvalue weighted by atomic mass is 16.5. The third-order valence-corrected chi connectivity index (χ3v) is 3.23. The SMILES string of the molecule is O=C(Cc1ccc(Nc2ncnc3[nH]c(=O)ccc23)cc1)NO. The summed E-state index contributed by atoms with van der Waals surface area (Å²) in [5.74, 6) is 0.0866. The Kier molecular flexibility index (Phi) is 3.98. The average Bonchev–Trinajstić information content (AvgIpc) is 2.56. The van der Waals surface area contributed by atoms with Crippen molar-refractivity contribution in [2.75, 3.05) is 5.32 Å². The Balaban J connectivity index is 1.85. The van der Waals surface area contributed by atoms with Gasteiger partial charge in [0.15, 0.2) is 0 Å². The Hall–Kier alpha value is -3.26. The van der Waals surface area contributed by atoms with Crippen molar-refractivity contribution in [1.82, 2.24) is 20.4 Å².